The Hall–Kier alpha value is -1.04. The standard InChI is InChI=1S/C12H28N.C3HF6NO3S/c1-5-9-13(10-6-2,11-7-3)12-8-4;4-2(5,6)1(11)10-14(12,13)3(7,8)9/h5-12H2,1-4H3;(H,10,11)/q+1;. The van der Waals surface area contributed by atoms with E-state index in [2.05, 4.69) is 27.7 Å². The third kappa shape index (κ3) is 10.8. The summed E-state index contributed by atoms with van der Waals surface area (Å²) in [5.41, 5.74) is -5.96. The van der Waals surface area contributed by atoms with Crippen molar-refractivity contribution in [3.8, 4) is 0 Å². The number of rotatable bonds is 9. The van der Waals surface area contributed by atoms with Crippen LogP contribution in [0.3, 0.4) is 0 Å². The molecule has 0 aromatic heterocycles. The monoisotopic (exact) mass is 431 g/mol. The summed E-state index contributed by atoms with van der Waals surface area (Å²) in [6.07, 6.45) is -0.363. The number of hydrogen-bond acceptors (Lipinski definition) is 3. The largest absolute Gasteiger partial charge is 0.516 e. The smallest absolute Gasteiger partial charge is 0.324 e. The minimum Gasteiger partial charge on any atom is -0.324 e. The van der Waals surface area contributed by atoms with Gasteiger partial charge in [0.1, 0.15) is 0 Å². The topological polar surface area (TPSA) is 63.2 Å². The number of sulfonamides is 1. The predicted octanol–water partition coefficient (Wildman–Crippen LogP) is 3.96. The minimum atomic E-state index is -6.30. The molecule has 0 saturated carbocycles. The number of carbonyl (C=O) groups is 1. The Bertz CT molecular complexity index is 503. The third-order valence-corrected chi connectivity index (χ3v) is 4.64. The maximum absolute atomic E-state index is 11.4. The van der Waals surface area contributed by atoms with E-state index in [9.17, 15) is 39.6 Å². The molecule has 1 N–H and O–H groups in total. The van der Waals surface area contributed by atoms with Crippen molar-refractivity contribution >= 4 is 15.9 Å². The van der Waals surface area contributed by atoms with E-state index < -0.39 is 27.6 Å². The second kappa shape index (κ2) is 11.7. The summed E-state index contributed by atoms with van der Waals surface area (Å²) in [6, 6.07) is 0. The van der Waals surface area contributed by atoms with Gasteiger partial charge in [-0.15, -0.1) is 0 Å². The lowest BCUT2D eigenvalue weighted by Crippen LogP contribution is -2.50. The molecule has 0 atom stereocenters. The fraction of sp³-hybridized carbons (Fsp3) is 0.933. The number of hydrogen-bond donors (Lipinski definition) is 1. The van der Waals surface area contributed by atoms with Gasteiger partial charge < -0.3 is 4.48 Å². The minimum absolute atomic E-state index is 0.181. The molecule has 0 spiro atoms. The first-order valence-electron chi connectivity index (χ1n) is 8.67. The molecule has 0 fully saturated rings. The van der Waals surface area contributed by atoms with Gasteiger partial charge in [0.2, 0.25) is 0 Å². The van der Waals surface area contributed by atoms with Crippen molar-refractivity contribution in [1.29, 1.82) is 0 Å². The highest BCUT2D eigenvalue weighted by atomic mass is 32.2. The molecule has 164 valence electrons. The average Bonchev–Trinajstić information content (AvgIpc) is 2.46. The van der Waals surface area contributed by atoms with E-state index in [0.717, 1.165) is 0 Å². The normalized spacial score (nSPS) is 13.0. The summed E-state index contributed by atoms with van der Waals surface area (Å²) < 4.78 is 89.3. The Kier molecular flexibility index (Phi) is 12.2. The number of halogens is 6. The van der Waals surface area contributed by atoms with Crippen LogP contribution in [0.15, 0.2) is 0 Å². The van der Waals surface area contributed by atoms with Crippen molar-refractivity contribution in [2.24, 2.45) is 0 Å². The molecule has 0 unspecified atom stereocenters. The SMILES string of the molecule is CCC[N+](CCC)(CCC)CCC.O=C(NS(=O)(=O)C(F)(F)F)C(F)(F)F. The molecule has 27 heavy (non-hydrogen) atoms. The molecular formula is C15H29F6N2O3S+. The summed E-state index contributed by atoms with van der Waals surface area (Å²) in [6.45, 7) is 14.8. The van der Waals surface area contributed by atoms with Crippen molar-refractivity contribution in [2.45, 2.75) is 65.1 Å². The van der Waals surface area contributed by atoms with Crippen LogP contribution in [0.2, 0.25) is 0 Å². The molecule has 0 saturated heterocycles. The first kappa shape index (κ1) is 28.2. The summed E-state index contributed by atoms with van der Waals surface area (Å²) in [5.74, 6) is -3.20. The van der Waals surface area contributed by atoms with Gasteiger partial charge in [-0.3, -0.25) is 4.79 Å². The van der Waals surface area contributed by atoms with Crippen molar-refractivity contribution in [1.82, 2.24) is 4.72 Å². The van der Waals surface area contributed by atoms with Crippen LogP contribution in [0, 0.1) is 0 Å². The first-order valence-corrected chi connectivity index (χ1v) is 10.2. The molecule has 0 aromatic carbocycles. The molecular weight excluding hydrogens is 402 g/mol. The lowest BCUT2D eigenvalue weighted by Gasteiger charge is -2.38. The van der Waals surface area contributed by atoms with Crippen LogP contribution >= 0.6 is 0 Å². The molecule has 0 radical (unpaired) electrons. The van der Waals surface area contributed by atoms with E-state index in [1.165, 1.54) is 56.3 Å². The number of amides is 1. The molecule has 0 rings (SSSR count). The average molecular weight is 431 g/mol. The summed E-state index contributed by atoms with van der Waals surface area (Å²) >= 11 is 0. The van der Waals surface area contributed by atoms with Crippen LogP contribution in [0.1, 0.15) is 53.4 Å². The van der Waals surface area contributed by atoms with Gasteiger partial charge >= 0.3 is 27.6 Å². The zero-order valence-corrected chi connectivity index (χ0v) is 16.8. The van der Waals surface area contributed by atoms with Crippen LogP contribution in [0.5, 0.6) is 0 Å². The first-order chi connectivity index (χ1) is 12.1. The lowest BCUT2D eigenvalue weighted by molar-refractivity contribution is -0.928. The zero-order valence-electron chi connectivity index (χ0n) is 16.0. The fourth-order valence-corrected chi connectivity index (χ4v) is 3.28. The molecule has 0 aromatic rings. The van der Waals surface area contributed by atoms with Crippen LogP contribution in [-0.4, -0.2) is 56.7 Å². The Morgan fingerprint density at radius 2 is 1.07 bits per heavy atom. The van der Waals surface area contributed by atoms with Gasteiger partial charge in [-0.05, 0) is 25.7 Å². The highest BCUT2D eigenvalue weighted by Crippen LogP contribution is 2.23. The number of quaternary nitrogens is 1. The fourth-order valence-electron chi connectivity index (χ4n) is 2.81. The van der Waals surface area contributed by atoms with E-state index >= 15 is 0 Å². The lowest BCUT2D eigenvalue weighted by atomic mass is 10.2. The molecule has 0 aliphatic carbocycles. The second-order valence-corrected chi connectivity index (χ2v) is 7.79. The summed E-state index contributed by atoms with van der Waals surface area (Å²) in [7, 11) is -6.30. The molecule has 5 nitrogen and oxygen atoms in total. The number of alkyl halides is 6. The highest BCUT2D eigenvalue weighted by Gasteiger charge is 2.51. The second-order valence-electron chi connectivity index (χ2n) is 6.11. The Labute approximate surface area is 156 Å². The van der Waals surface area contributed by atoms with Crippen LogP contribution in [-0.2, 0) is 14.8 Å². The number of nitrogens with zero attached hydrogens (tertiary/aromatic N) is 1. The van der Waals surface area contributed by atoms with Gasteiger partial charge in [-0.2, -0.15) is 34.8 Å². The number of nitrogens with one attached hydrogen (secondary N) is 1. The van der Waals surface area contributed by atoms with Crippen molar-refractivity contribution in [3.05, 3.63) is 0 Å². The summed E-state index contributed by atoms with van der Waals surface area (Å²) in [5, 5.41) is 0. The van der Waals surface area contributed by atoms with E-state index in [1.54, 1.807) is 0 Å². The zero-order chi connectivity index (χ0) is 21.9. The van der Waals surface area contributed by atoms with Gasteiger partial charge in [-0.25, -0.2) is 4.72 Å². The molecule has 1 amide bonds. The van der Waals surface area contributed by atoms with Gasteiger partial charge in [0, 0.05) is 0 Å². The molecule has 0 aliphatic heterocycles. The van der Waals surface area contributed by atoms with Crippen molar-refractivity contribution in [2.75, 3.05) is 26.2 Å². The van der Waals surface area contributed by atoms with E-state index in [4.69, 9.17) is 0 Å². The Morgan fingerprint density at radius 1 is 0.778 bits per heavy atom. The Morgan fingerprint density at radius 3 is 1.26 bits per heavy atom. The van der Waals surface area contributed by atoms with Crippen molar-refractivity contribution < 1.29 is 44.0 Å². The van der Waals surface area contributed by atoms with E-state index in [1.807, 2.05) is 0 Å². The van der Waals surface area contributed by atoms with Gasteiger partial charge in [0.25, 0.3) is 0 Å². The van der Waals surface area contributed by atoms with E-state index in [-0.39, 0.29) is 4.72 Å². The third-order valence-electron chi connectivity index (χ3n) is 3.58. The van der Waals surface area contributed by atoms with Gasteiger partial charge in [0.15, 0.2) is 0 Å². The van der Waals surface area contributed by atoms with Gasteiger partial charge in [-0.1, -0.05) is 27.7 Å². The highest BCUT2D eigenvalue weighted by molar-refractivity contribution is 7.90. The molecule has 0 heterocycles. The van der Waals surface area contributed by atoms with Crippen LogP contribution in [0.25, 0.3) is 0 Å². The summed E-state index contributed by atoms with van der Waals surface area (Å²) in [4.78, 5) is 9.81. The maximum atomic E-state index is 11.4. The van der Waals surface area contributed by atoms with Crippen molar-refractivity contribution in [3.63, 3.8) is 0 Å². The predicted molar refractivity (Wildman–Crippen MR) is 90.1 cm³/mol. The molecule has 0 aliphatic rings. The Balaban J connectivity index is 0. The molecule has 12 heteroatoms. The number of carbonyl (C=O) groups excluding carboxylic acids is 1. The molecule has 0 bridgehead atoms. The van der Waals surface area contributed by atoms with E-state index in [0.29, 0.717) is 0 Å². The van der Waals surface area contributed by atoms with Gasteiger partial charge in [0.05, 0.1) is 26.2 Å². The quantitative estimate of drug-likeness (QED) is 0.444. The maximum Gasteiger partial charge on any atom is 0.516 e. The van der Waals surface area contributed by atoms with Crippen LogP contribution in [0.4, 0.5) is 26.3 Å². The van der Waals surface area contributed by atoms with Crippen LogP contribution < -0.4 is 4.72 Å².